The van der Waals surface area contributed by atoms with Crippen molar-refractivity contribution < 1.29 is 10.4 Å². The van der Waals surface area contributed by atoms with Crippen molar-refractivity contribution in [3.05, 3.63) is 107 Å². The van der Waals surface area contributed by atoms with Gasteiger partial charge in [-0.3, -0.25) is 0 Å². The predicted octanol–water partition coefficient (Wildman–Crippen LogP) is 2.99. The average Bonchev–Trinajstić information content (AvgIpc) is 2.65. The van der Waals surface area contributed by atoms with Crippen LogP contribution >= 0.6 is 0 Å². The molecule has 0 bridgehead atoms. The first-order valence-corrected chi connectivity index (χ1v) is 8.39. The molecule has 0 atom stereocenters. The summed E-state index contributed by atoms with van der Waals surface area (Å²) in [5, 5.41) is 13.6. The zero-order chi connectivity index (χ0) is 16.8. The van der Waals surface area contributed by atoms with E-state index in [9.17, 15) is 5.11 Å². The highest BCUT2D eigenvalue weighted by atomic mass is 16.3. The Morgan fingerprint density at radius 3 is 1.75 bits per heavy atom. The normalized spacial score (nSPS) is 11.4. The van der Waals surface area contributed by atoms with E-state index in [1.807, 2.05) is 60.7 Å². The molecule has 0 heterocycles. The number of aryl methyl sites for hydroxylation is 1. The van der Waals surface area contributed by atoms with Gasteiger partial charge in [-0.25, -0.2) is 0 Å². The van der Waals surface area contributed by atoms with Gasteiger partial charge >= 0.3 is 0 Å². The van der Waals surface area contributed by atoms with Crippen molar-refractivity contribution in [3.63, 3.8) is 0 Å². The van der Waals surface area contributed by atoms with Crippen molar-refractivity contribution in [3.8, 4) is 0 Å². The van der Waals surface area contributed by atoms with Gasteiger partial charge in [-0.2, -0.15) is 0 Å². The lowest BCUT2D eigenvalue weighted by Crippen LogP contribution is -2.86. The van der Waals surface area contributed by atoms with E-state index in [0.717, 1.165) is 17.7 Å². The molecule has 0 unspecified atom stereocenters. The van der Waals surface area contributed by atoms with E-state index in [4.69, 9.17) is 0 Å². The molecule has 0 saturated carbocycles. The van der Waals surface area contributed by atoms with E-state index in [1.165, 1.54) is 11.1 Å². The lowest BCUT2D eigenvalue weighted by molar-refractivity contribution is -0.682. The molecule has 24 heavy (non-hydrogen) atoms. The minimum atomic E-state index is -0.993. The summed E-state index contributed by atoms with van der Waals surface area (Å²) in [6.07, 6.45) is 0. The van der Waals surface area contributed by atoms with E-state index in [-0.39, 0.29) is 0 Å². The van der Waals surface area contributed by atoms with Crippen LogP contribution in [-0.4, -0.2) is 11.7 Å². The highest BCUT2D eigenvalue weighted by Gasteiger charge is 2.33. The van der Waals surface area contributed by atoms with Crippen molar-refractivity contribution in [2.45, 2.75) is 19.1 Å². The van der Waals surface area contributed by atoms with Crippen LogP contribution in [0.1, 0.15) is 22.3 Å². The van der Waals surface area contributed by atoms with Crippen LogP contribution in [0.15, 0.2) is 84.9 Å². The highest BCUT2D eigenvalue weighted by Crippen LogP contribution is 2.27. The summed E-state index contributed by atoms with van der Waals surface area (Å²) in [6, 6.07) is 28.4. The zero-order valence-electron chi connectivity index (χ0n) is 14.0. The van der Waals surface area contributed by atoms with Crippen LogP contribution in [0.5, 0.6) is 0 Å². The second kappa shape index (κ2) is 7.43. The van der Waals surface area contributed by atoms with Gasteiger partial charge in [-0.15, -0.1) is 0 Å². The molecule has 0 aliphatic carbocycles. The Hall–Kier alpha value is -2.42. The van der Waals surface area contributed by atoms with Gasteiger partial charge < -0.3 is 10.4 Å². The first-order valence-electron chi connectivity index (χ1n) is 8.39. The second-order valence-corrected chi connectivity index (χ2v) is 6.27. The SMILES string of the molecule is Cc1ccc(C[NH2+]CC(O)(c2ccccc2)c2ccccc2)cc1. The Labute approximate surface area is 143 Å². The van der Waals surface area contributed by atoms with Crippen LogP contribution in [0.2, 0.25) is 0 Å². The van der Waals surface area contributed by atoms with Crippen LogP contribution in [0, 0.1) is 6.92 Å². The molecule has 3 aromatic carbocycles. The number of benzene rings is 3. The molecule has 3 rings (SSSR count). The minimum Gasteiger partial charge on any atom is -0.375 e. The van der Waals surface area contributed by atoms with E-state index in [0.29, 0.717) is 6.54 Å². The molecule has 0 aromatic heterocycles. The maximum absolute atomic E-state index is 11.4. The fraction of sp³-hybridized carbons (Fsp3) is 0.182. The molecule has 2 nitrogen and oxygen atoms in total. The number of hydrogen-bond donors (Lipinski definition) is 2. The Morgan fingerprint density at radius 2 is 1.25 bits per heavy atom. The van der Waals surface area contributed by atoms with Crippen LogP contribution < -0.4 is 5.32 Å². The monoisotopic (exact) mass is 318 g/mol. The van der Waals surface area contributed by atoms with Gasteiger partial charge in [0.15, 0.2) is 5.60 Å². The lowest BCUT2D eigenvalue weighted by atomic mass is 9.86. The summed E-state index contributed by atoms with van der Waals surface area (Å²) in [5.41, 5.74) is 3.40. The van der Waals surface area contributed by atoms with Gasteiger partial charge in [0.2, 0.25) is 0 Å². The van der Waals surface area contributed by atoms with Gasteiger partial charge in [-0.05, 0) is 18.1 Å². The topological polar surface area (TPSA) is 36.8 Å². The largest absolute Gasteiger partial charge is 0.375 e. The molecule has 0 aliphatic rings. The van der Waals surface area contributed by atoms with Crippen LogP contribution in [-0.2, 0) is 12.1 Å². The van der Waals surface area contributed by atoms with Crippen molar-refractivity contribution >= 4 is 0 Å². The number of hydrogen-bond acceptors (Lipinski definition) is 1. The molecular weight excluding hydrogens is 294 g/mol. The van der Waals surface area contributed by atoms with E-state index < -0.39 is 5.60 Å². The zero-order valence-corrected chi connectivity index (χ0v) is 14.0. The number of aliphatic hydroxyl groups is 1. The first kappa shape index (κ1) is 16.4. The van der Waals surface area contributed by atoms with Crippen LogP contribution in [0.3, 0.4) is 0 Å². The molecule has 122 valence electrons. The molecule has 0 fully saturated rings. The summed E-state index contributed by atoms with van der Waals surface area (Å²) < 4.78 is 0. The molecule has 2 heteroatoms. The van der Waals surface area contributed by atoms with Crippen molar-refractivity contribution in [2.75, 3.05) is 6.54 Å². The smallest absolute Gasteiger partial charge is 0.163 e. The molecule has 3 aromatic rings. The summed E-state index contributed by atoms with van der Waals surface area (Å²) in [4.78, 5) is 0. The Balaban J connectivity index is 1.79. The molecule has 0 aliphatic heterocycles. The third kappa shape index (κ3) is 3.73. The third-order valence-electron chi connectivity index (χ3n) is 4.44. The van der Waals surface area contributed by atoms with Gasteiger partial charge in [0.1, 0.15) is 13.1 Å². The van der Waals surface area contributed by atoms with Gasteiger partial charge in [-0.1, -0.05) is 90.5 Å². The van der Waals surface area contributed by atoms with Crippen molar-refractivity contribution in [1.82, 2.24) is 0 Å². The Morgan fingerprint density at radius 1 is 0.750 bits per heavy atom. The van der Waals surface area contributed by atoms with Crippen molar-refractivity contribution in [1.29, 1.82) is 0 Å². The molecule has 0 spiro atoms. The standard InChI is InChI=1S/C22H23NO/c1-18-12-14-19(15-13-18)16-23-17-22(24,20-8-4-2-5-9-20)21-10-6-3-7-11-21/h2-15,23-24H,16-17H2,1H3/p+1. The predicted molar refractivity (Wildman–Crippen MR) is 97.6 cm³/mol. The lowest BCUT2D eigenvalue weighted by Gasteiger charge is -2.27. The van der Waals surface area contributed by atoms with E-state index in [1.54, 1.807) is 0 Å². The fourth-order valence-electron chi connectivity index (χ4n) is 3.00. The number of quaternary nitrogens is 1. The Kier molecular flexibility index (Phi) is 5.09. The fourth-order valence-corrected chi connectivity index (χ4v) is 3.00. The minimum absolute atomic E-state index is 0.578. The number of rotatable bonds is 6. The van der Waals surface area contributed by atoms with Gasteiger partial charge in [0, 0.05) is 5.56 Å². The van der Waals surface area contributed by atoms with Crippen LogP contribution in [0.4, 0.5) is 0 Å². The van der Waals surface area contributed by atoms with Crippen LogP contribution in [0.25, 0.3) is 0 Å². The summed E-state index contributed by atoms with van der Waals surface area (Å²) in [6.45, 7) is 3.52. The van der Waals surface area contributed by atoms with Gasteiger partial charge in [0.05, 0.1) is 0 Å². The molecule has 0 saturated heterocycles. The summed E-state index contributed by atoms with van der Waals surface area (Å²) in [5.74, 6) is 0. The molecule has 0 radical (unpaired) electrons. The Bertz CT molecular complexity index is 711. The first-order chi connectivity index (χ1) is 11.7. The second-order valence-electron chi connectivity index (χ2n) is 6.27. The molecular formula is C22H24NO+. The highest BCUT2D eigenvalue weighted by molar-refractivity contribution is 5.35. The average molecular weight is 318 g/mol. The summed E-state index contributed by atoms with van der Waals surface area (Å²) >= 11 is 0. The summed E-state index contributed by atoms with van der Waals surface area (Å²) in [7, 11) is 0. The van der Waals surface area contributed by atoms with Gasteiger partial charge in [0.25, 0.3) is 0 Å². The molecule has 0 amide bonds. The number of nitrogens with two attached hydrogens (primary N) is 1. The quantitative estimate of drug-likeness (QED) is 0.720. The maximum atomic E-state index is 11.4. The van der Waals surface area contributed by atoms with Crippen molar-refractivity contribution in [2.24, 2.45) is 0 Å². The van der Waals surface area contributed by atoms with E-state index >= 15 is 0 Å². The molecule has 3 N–H and O–H groups in total. The maximum Gasteiger partial charge on any atom is 0.163 e. The third-order valence-corrected chi connectivity index (χ3v) is 4.44. The van der Waals surface area contributed by atoms with E-state index in [2.05, 4.69) is 36.5 Å².